The summed E-state index contributed by atoms with van der Waals surface area (Å²) in [6.07, 6.45) is 1.54. The van der Waals surface area contributed by atoms with Gasteiger partial charge in [0.25, 0.3) is 0 Å². The third-order valence-corrected chi connectivity index (χ3v) is 3.37. The Morgan fingerprint density at radius 2 is 2.29 bits per heavy atom. The number of aliphatic hydroxyl groups is 1. The van der Waals surface area contributed by atoms with Gasteiger partial charge >= 0.3 is 0 Å². The van der Waals surface area contributed by atoms with E-state index in [0.29, 0.717) is 12.5 Å². The van der Waals surface area contributed by atoms with Gasteiger partial charge in [0.2, 0.25) is 0 Å². The zero-order chi connectivity index (χ0) is 12.0. The molecule has 2 aromatic rings. The van der Waals surface area contributed by atoms with E-state index >= 15 is 0 Å². The molecule has 3 heterocycles. The van der Waals surface area contributed by atoms with Crippen molar-refractivity contribution in [1.82, 2.24) is 14.3 Å². The van der Waals surface area contributed by atoms with Gasteiger partial charge in [-0.3, -0.25) is 4.68 Å². The zero-order valence-corrected chi connectivity index (χ0v) is 10.2. The molecule has 4 nitrogen and oxygen atoms in total. The van der Waals surface area contributed by atoms with Gasteiger partial charge in [-0.2, -0.15) is 5.10 Å². The van der Waals surface area contributed by atoms with Crippen LogP contribution in [0.15, 0.2) is 24.4 Å². The van der Waals surface area contributed by atoms with Crippen LogP contribution in [0.25, 0.3) is 0 Å². The van der Waals surface area contributed by atoms with Crippen molar-refractivity contribution >= 4 is 0 Å². The summed E-state index contributed by atoms with van der Waals surface area (Å²) in [5, 5.41) is 14.8. The van der Waals surface area contributed by atoms with Gasteiger partial charge in [-0.1, -0.05) is 13.8 Å². The van der Waals surface area contributed by atoms with Crippen LogP contribution in [0, 0.1) is 0 Å². The fourth-order valence-corrected chi connectivity index (χ4v) is 2.33. The van der Waals surface area contributed by atoms with E-state index in [-0.39, 0.29) is 0 Å². The monoisotopic (exact) mass is 231 g/mol. The summed E-state index contributed by atoms with van der Waals surface area (Å²) in [5.41, 5.74) is 3.18. The van der Waals surface area contributed by atoms with Crippen molar-refractivity contribution in [3.63, 3.8) is 0 Å². The van der Waals surface area contributed by atoms with Crippen molar-refractivity contribution in [3.8, 4) is 0 Å². The number of hydrogen-bond acceptors (Lipinski definition) is 2. The van der Waals surface area contributed by atoms with Gasteiger partial charge in [0.05, 0.1) is 24.5 Å². The first-order chi connectivity index (χ1) is 8.15. The van der Waals surface area contributed by atoms with Crippen LogP contribution in [-0.4, -0.2) is 19.5 Å². The van der Waals surface area contributed by atoms with Crippen molar-refractivity contribution in [2.24, 2.45) is 0 Å². The fraction of sp³-hybridized carbons (Fsp3) is 0.462. The molecule has 17 heavy (non-hydrogen) atoms. The first kappa shape index (κ1) is 10.6. The predicted molar refractivity (Wildman–Crippen MR) is 64.8 cm³/mol. The lowest BCUT2D eigenvalue weighted by Gasteiger charge is -2.08. The molecule has 0 spiro atoms. The molecule has 0 bridgehead atoms. The predicted octanol–water partition coefficient (Wildman–Crippen LogP) is 1.90. The van der Waals surface area contributed by atoms with E-state index in [1.807, 2.05) is 23.0 Å². The van der Waals surface area contributed by atoms with Crippen molar-refractivity contribution in [3.05, 3.63) is 41.5 Å². The summed E-state index contributed by atoms with van der Waals surface area (Å²) in [6.45, 7) is 5.60. The Kier molecular flexibility index (Phi) is 2.33. The molecule has 0 radical (unpaired) electrons. The maximum Gasteiger partial charge on any atom is 0.113 e. The maximum atomic E-state index is 10.2. The Bertz CT molecular complexity index is 539. The minimum absolute atomic E-state index is 0.397. The summed E-state index contributed by atoms with van der Waals surface area (Å²) in [7, 11) is 0. The van der Waals surface area contributed by atoms with E-state index in [4.69, 9.17) is 0 Å². The van der Waals surface area contributed by atoms with Gasteiger partial charge in [-0.15, -0.1) is 0 Å². The number of aromatic nitrogens is 3. The molecule has 0 aromatic carbocycles. The molecule has 0 saturated carbocycles. The van der Waals surface area contributed by atoms with Crippen molar-refractivity contribution < 1.29 is 5.11 Å². The van der Waals surface area contributed by atoms with E-state index < -0.39 is 6.10 Å². The standard InChI is InChI=1S/C13H17N3O/c1-9(2)11-6-12-13(17)8-15-5-3-4-10(15)7-16(12)14-11/h3-6,9,13,17H,7-8H2,1-2H3. The minimum Gasteiger partial charge on any atom is -0.385 e. The van der Waals surface area contributed by atoms with Crippen LogP contribution in [0.5, 0.6) is 0 Å². The summed E-state index contributed by atoms with van der Waals surface area (Å²) in [5.74, 6) is 0.397. The van der Waals surface area contributed by atoms with Crippen LogP contribution in [0.4, 0.5) is 0 Å². The molecule has 0 amide bonds. The molecule has 1 atom stereocenters. The summed E-state index contributed by atoms with van der Waals surface area (Å²) < 4.78 is 4.02. The zero-order valence-electron chi connectivity index (χ0n) is 10.2. The maximum absolute atomic E-state index is 10.2. The highest BCUT2D eigenvalue weighted by Gasteiger charge is 2.22. The van der Waals surface area contributed by atoms with Gasteiger partial charge in [-0.05, 0) is 24.1 Å². The molecule has 2 aromatic heterocycles. The number of nitrogens with zero attached hydrogens (tertiary/aromatic N) is 3. The Morgan fingerprint density at radius 3 is 3.06 bits per heavy atom. The number of hydrogen-bond donors (Lipinski definition) is 1. The highest BCUT2D eigenvalue weighted by atomic mass is 16.3. The molecule has 1 aliphatic rings. The smallest absolute Gasteiger partial charge is 0.113 e. The Hall–Kier alpha value is -1.55. The highest BCUT2D eigenvalue weighted by Crippen LogP contribution is 2.25. The molecular formula is C13H17N3O. The number of fused-ring (bicyclic) bond motifs is 2. The lowest BCUT2D eigenvalue weighted by Crippen LogP contribution is -2.07. The normalized spacial score (nSPS) is 18.9. The van der Waals surface area contributed by atoms with Gasteiger partial charge in [0.15, 0.2) is 0 Å². The largest absolute Gasteiger partial charge is 0.385 e. The molecule has 1 aliphatic heterocycles. The van der Waals surface area contributed by atoms with Crippen molar-refractivity contribution in [2.45, 2.75) is 39.0 Å². The molecule has 0 fully saturated rings. The van der Waals surface area contributed by atoms with Crippen molar-refractivity contribution in [2.75, 3.05) is 0 Å². The Balaban J connectivity index is 2.07. The molecular weight excluding hydrogens is 214 g/mol. The van der Waals surface area contributed by atoms with Crippen molar-refractivity contribution in [1.29, 1.82) is 0 Å². The summed E-state index contributed by atoms with van der Waals surface area (Å²) >= 11 is 0. The first-order valence-electron chi connectivity index (χ1n) is 6.05. The molecule has 0 aliphatic carbocycles. The Morgan fingerprint density at radius 1 is 1.47 bits per heavy atom. The molecule has 4 heteroatoms. The lowest BCUT2D eigenvalue weighted by atomic mass is 10.1. The van der Waals surface area contributed by atoms with E-state index in [1.54, 1.807) is 0 Å². The minimum atomic E-state index is -0.469. The second kappa shape index (κ2) is 3.74. The second-order valence-electron chi connectivity index (χ2n) is 4.97. The lowest BCUT2D eigenvalue weighted by molar-refractivity contribution is 0.151. The third-order valence-electron chi connectivity index (χ3n) is 3.37. The molecule has 1 unspecified atom stereocenters. The van der Waals surface area contributed by atoms with Crippen LogP contribution in [-0.2, 0) is 13.1 Å². The third kappa shape index (κ3) is 1.69. The topological polar surface area (TPSA) is 43.0 Å². The van der Waals surface area contributed by atoms with Gasteiger partial charge in [-0.25, -0.2) is 0 Å². The van der Waals surface area contributed by atoms with Crippen LogP contribution < -0.4 is 0 Å². The van der Waals surface area contributed by atoms with Crippen LogP contribution >= 0.6 is 0 Å². The Labute approximate surface area is 100 Å². The molecule has 1 N–H and O–H groups in total. The van der Waals surface area contributed by atoms with E-state index in [1.165, 1.54) is 5.69 Å². The summed E-state index contributed by atoms with van der Waals surface area (Å²) in [6, 6.07) is 6.13. The van der Waals surface area contributed by atoms with Gasteiger partial charge in [0, 0.05) is 11.9 Å². The summed E-state index contributed by atoms with van der Waals surface area (Å²) in [4.78, 5) is 0. The van der Waals surface area contributed by atoms with Gasteiger partial charge < -0.3 is 9.67 Å². The molecule has 90 valence electrons. The van der Waals surface area contributed by atoms with E-state index in [0.717, 1.165) is 17.9 Å². The van der Waals surface area contributed by atoms with E-state index in [9.17, 15) is 5.11 Å². The van der Waals surface area contributed by atoms with Crippen LogP contribution in [0.3, 0.4) is 0 Å². The second-order valence-corrected chi connectivity index (χ2v) is 4.97. The highest BCUT2D eigenvalue weighted by molar-refractivity contribution is 5.20. The van der Waals surface area contributed by atoms with Crippen LogP contribution in [0.1, 0.15) is 43.0 Å². The first-order valence-corrected chi connectivity index (χ1v) is 6.05. The number of aliphatic hydroxyl groups excluding tert-OH is 1. The molecule has 3 rings (SSSR count). The fourth-order valence-electron chi connectivity index (χ4n) is 2.33. The molecule has 0 saturated heterocycles. The van der Waals surface area contributed by atoms with E-state index in [2.05, 4.69) is 29.6 Å². The number of rotatable bonds is 1. The SMILES string of the molecule is CC(C)c1cc2n(n1)Cc1cccn1CC2O. The quantitative estimate of drug-likeness (QED) is 0.814. The average Bonchev–Trinajstić information content (AvgIpc) is 2.85. The van der Waals surface area contributed by atoms with Crippen LogP contribution in [0.2, 0.25) is 0 Å². The average molecular weight is 231 g/mol. The van der Waals surface area contributed by atoms with Gasteiger partial charge in [0.1, 0.15) is 6.10 Å².